The van der Waals surface area contributed by atoms with Gasteiger partial charge in [0.25, 0.3) is 5.69 Å². The first-order valence-electron chi connectivity index (χ1n) is 11.2. The summed E-state index contributed by atoms with van der Waals surface area (Å²) in [6, 6.07) is 15.3. The summed E-state index contributed by atoms with van der Waals surface area (Å²) < 4.78 is 22.5. The molecule has 0 bridgehead atoms. The van der Waals surface area contributed by atoms with Crippen molar-refractivity contribution in [1.29, 1.82) is 0 Å². The Bertz CT molecular complexity index is 1200. The molecule has 0 saturated carbocycles. The molecule has 3 aromatic rings. The van der Waals surface area contributed by atoms with Crippen LogP contribution in [-0.4, -0.2) is 44.7 Å². The van der Waals surface area contributed by atoms with Crippen molar-refractivity contribution >= 4 is 29.2 Å². The van der Waals surface area contributed by atoms with Crippen LogP contribution in [0.5, 0.6) is 17.2 Å². The maximum Gasteiger partial charge on any atom is 0.269 e. The van der Waals surface area contributed by atoms with Gasteiger partial charge in [-0.25, -0.2) is 0 Å². The molecule has 0 heterocycles. The number of nitro benzene ring substituents is 1. The van der Waals surface area contributed by atoms with E-state index in [-0.39, 0.29) is 12.3 Å². The van der Waals surface area contributed by atoms with Gasteiger partial charge in [0.1, 0.15) is 19.0 Å². The van der Waals surface area contributed by atoms with Crippen molar-refractivity contribution < 1.29 is 23.9 Å². The molecule has 0 aromatic heterocycles. The molecule has 36 heavy (non-hydrogen) atoms. The molecule has 190 valence electrons. The van der Waals surface area contributed by atoms with Crippen LogP contribution in [0, 0.1) is 24.0 Å². The molecule has 3 rings (SSSR count). The highest BCUT2D eigenvalue weighted by molar-refractivity contribution is 6.32. The molecule has 3 aromatic carbocycles. The summed E-state index contributed by atoms with van der Waals surface area (Å²) in [5.41, 5.74) is 6.51. The Kier molecular flexibility index (Phi) is 9.91. The number of non-ortho nitro benzene ring substituents is 1. The maximum absolute atomic E-state index is 10.7. The second kappa shape index (κ2) is 13.3. The van der Waals surface area contributed by atoms with Crippen LogP contribution in [0.15, 0.2) is 59.7 Å². The molecule has 0 saturated heterocycles. The zero-order valence-corrected chi connectivity index (χ0v) is 21.1. The lowest BCUT2D eigenvalue weighted by atomic mass is 10.1. The van der Waals surface area contributed by atoms with E-state index in [1.165, 1.54) is 30.4 Å². The highest BCUT2D eigenvalue weighted by Crippen LogP contribution is 2.36. The Balaban J connectivity index is 1.44. The summed E-state index contributed by atoms with van der Waals surface area (Å²) in [6.45, 7) is 5.62. The number of hydrazone groups is 1. The van der Waals surface area contributed by atoms with Crippen molar-refractivity contribution in [1.82, 2.24) is 0 Å². The van der Waals surface area contributed by atoms with Gasteiger partial charge in [-0.3, -0.25) is 15.5 Å². The molecule has 0 aliphatic heterocycles. The minimum atomic E-state index is -0.459. The number of nitrogens with one attached hydrogen (secondary N) is 1. The zero-order chi connectivity index (χ0) is 25.9. The number of hydrogen-bond donors (Lipinski definition) is 1. The molecule has 0 aliphatic rings. The molecule has 0 radical (unpaired) electrons. The van der Waals surface area contributed by atoms with Crippen LogP contribution in [0.25, 0.3) is 0 Å². The highest BCUT2D eigenvalue weighted by atomic mass is 35.5. The lowest BCUT2D eigenvalue weighted by molar-refractivity contribution is -0.384. The number of aryl methyl sites for hydroxylation is 2. The molecule has 0 fully saturated rings. The van der Waals surface area contributed by atoms with E-state index < -0.39 is 4.92 Å². The fourth-order valence-corrected chi connectivity index (χ4v) is 3.39. The van der Waals surface area contributed by atoms with Crippen molar-refractivity contribution in [2.24, 2.45) is 5.10 Å². The van der Waals surface area contributed by atoms with E-state index in [1.54, 1.807) is 30.5 Å². The van der Waals surface area contributed by atoms with Gasteiger partial charge in [0.15, 0.2) is 11.5 Å². The third-order valence-electron chi connectivity index (χ3n) is 5.19. The molecule has 0 atom stereocenters. The predicted octanol–water partition coefficient (Wildman–Crippen LogP) is 5.79. The average Bonchev–Trinajstić information content (AvgIpc) is 2.86. The summed E-state index contributed by atoms with van der Waals surface area (Å²) in [6.07, 6.45) is 1.55. The monoisotopic (exact) mass is 513 g/mol. The van der Waals surface area contributed by atoms with E-state index in [9.17, 15) is 10.1 Å². The van der Waals surface area contributed by atoms with Crippen LogP contribution < -0.4 is 19.6 Å². The summed E-state index contributed by atoms with van der Waals surface area (Å²) >= 11 is 6.40. The van der Waals surface area contributed by atoms with Crippen molar-refractivity contribution in [3.8, 4) is 17.2 Å². The van der Waals surface area contributed by atoms with Gasteiger partial charge in [0, 0.05) is 12.1 Å². The van der Waals surface area contributed by atoms with Gasteiger partial charge in [-0.05, 0) is 66.9 Å². The number of rotatable bonds is 13. The highest BCUT2D eigenvalue weighted by Gasteiger charge is 2.12. The Labute approximate surface area is 214 Å². The molecule has 0 aliphatic carbocycles. The Morgan fingerprint density at radius 2 is 1.69 bits per heavy atom. The first-order chi connectivity index (χ1) is 17.4. The van der Waals surface area contributed by atoms with Gasteiger partial charge < -0.3 is 18.9 Å². The third kappa shape index (κ3) is 7.86. The van der Waals surface area contributed by atoms with Crippen molar-refractivity contribution in [2.75, 3.05) is 39.0 Å². The second-order valence-electron chi connectivity index (χ2n) is 7.76. The van der Waals surface area contributed by atoms with Gasteiger partial charge in [-0.2, -0.15) is 5.10 Å². The average molecular weight is 514 g/mol. The molecule has 10 heteroatoms. The minimum Gasteiger partial charge on any atom is -0.493 e. The Morgan fingerprint density at radius 3 is 2.36 bits per heavy atom. The third-order valence-corrected chi connectivity index (χ3v) is 5.47. The number of halogens is 1. The second-order valence-corrected chi connectivity index (χ2v) is 8.17. The van der Waals surface area contributed by atoms with Crippen LogP contribution >= 0.6 is 11.6 Å². The summed E-state index contributed by atoms with van der Waals surface area (Å²) in [5.74, 6) is 1.69. The molecule has 0 spiro atoms. The summed E-state index contributed by atoms with van der Waals surface area (Å²) in [7, 11) is 1.52. The number of methoxy groups -OCH3 is 1. The predicted molar refractivity (Wildman–Crippen MR) is 140 cm³/mol. The fourth-order valence-electron chi connectivity index (χ4n) is 3.12. The quantitative estimate of drug-likeness (QED) is 0.133. The molecule has 0 unspecified atom stereocenters. The van der Waals surface area contributed by atoms with Gasteiger partial charge >= 0.3 is 0 Å². The van der Waals surface area contributed by atoms with E-state index >= 15 is 0 Å². The lowest BCUT2D eigenvalue weighted by Gasteiger charge is -2.13. The van der Waals surface area contributed by atoms with Crippen molar-refractivity contribution in [3.05, 3.63) is 86.4 Å². The molecule has 0 amide bonds. The van der Waals surface area contributed by atoms with Crippen LogP contribution in [0.1, 0.15) is 16.7 Å². The number of nitro groups is 1. The lowest BCUT2D eigenvalue weighted by Crippen LogP contribution is -2.12. The van der Waals surface area contributed by atoms with Gasteiger partial charge in [-0.15, -0.1) is 0 Å². The van der Waals surface area contributed by atoms with Gasteiger partial charge in [0.05, 0.1) is 42.2 Å². The first kappa shape index (κ1) is 26.8. The van der Waals surface area contributed by atoms with E-state index in [1.807, 2.05) is 25.1 Å². The molecular formula is C26H28ClN3O6. The molecule has 9 nitrogen and oxygen atoms in total. The van der Waals surface area contributed by atoms with Crippen LogP contribution in [0.4, 0.5) is 11.4 Å². The topological polar surface area (TPSA) is 104 Å². The molecular weight excluding hydrogens is 486 g/mol. The standard InChI is InChI=1S/C26H28ClN3O6/c1-18-4-9-23(14-19(18)2)35-12-10-34-11-13-36-26-24(27)15-20(16-25(26)33-3)17-28-29-21-5-7-22(8-6-21)30(31)32/h4-9,14-17,29H,10-13H2,1-3H3. The van der Waals surface area contributed by atoms with E-state index in [4.69, 9.17) is 30.5 Å². The largest absolute Gasteiger partial charge is 0.493 e. The van der Waals surface area contributed by atoms with E-state index in [2.05, 4.69) is 17.5 Å². The Hall–Kier alpha value is -3.82. The summed E-state index contributed by atoms with van der Waals surface area (Å²) in [5, 5.41) is 15.2. The number of anilines is 1. The van der Waals surface area contributed by atoms with Crippen molar-refractivity contribution in [2.45, 2.75) is 13.8 Å². The Morgan fingerprint density at radius 1 is 0.972 bits per heavy atom. The number of nitrogens with zero attached hydrogens (tertiary/aromatic N) is 2. The number of ether oxygens (including phenoxy) is 4. The van der Waals surface area contributed by atoms with Crippen LogP contribution in [0.2, 0.25) is 5.02 Å². The van der Waals surface area contributed by atoms with Crippen molar-refractivity contribution in [3.63, 3.8) is 0 Å². The SMILES string of the molecule is COc1cc(C=NNc2ccc([N+](=O)[O-])cc2)cc(Cl)c1OCCOCCOc1ccc(C)c(C)c1. The minimum absolute atomic E-state index is 0.00712. The first-order valence-corrected chi connectivity index (χ1v) is 11.6. The summed E-state index contributed by atoms with van der Waals surface area (Å²) in [4.78, 5) is 10.3. The van der Waals surface area contributed by atoms with Gasteiger partial charge in [-0.1, -0.05) is 17.7 Å². The van der Waals surface area contributed by atoms with Crippen LogP contribution in [0.3, 0.4) is 0 Å². The van der Waals surface area contributed by atoms with E-state index in [0.717, 1.165) is 5.75 Å². The number of hydrogen-bond acceptors (Lipinski definition) is 8. The molecule has 1 N–H and O–H groups in total. The van der Waals surface area contributed by atoms with Gasteiger partial charge in [0.2, 0.25) is 0 Å². The normalized spacial score (nSPS) is 10.9. The fraction of sp³-hybridized carbons (Fsp3) is 0.269. The smallest absolute Gasteiger partial charge is 0.269 e. The van der Waals surface area contributed by atoms with Crippen LogP contribution in [-0.2, 0) is 4.74 Å². The maximum atomic E-state index is 10.7. The van der Waals surface area contributed by atoms with E-state index in [0.29, 0.717) is 47.6 Å². The number of benzene rings is 3. The zero-order valence-electron chi connectivity index (χ0n) is 20.3.